The van der Waals surface area contributed by atoms with Gasteiger partial charge in [-0.1, -0.05) is 47.7 Å². The molecule has 1 N–H and O–H groups in total. The Labute approximate surface area is 208 Å². The molecule has 0 spiro atoms. The van der Waals surface area contributed by atoms with Gasteiger partial charge in [0.25, 0.3) is 0 Å². The molecule has 1 heterocycles. The zero-order valence-electron chi connectivity index (χ0n) is 19.4. The number of thioether (sulfide) groups is 1. The number of esters is 1. The number of carbonyl (C=O) groups is 2. The number of nitrogens with one attached hydrogen (secondary N) is 1. The molecule has 0 bridgehead atoms. The summed E-state index contributed by atoms with van der Waals surface area (Å²) < 4.78 is 32.4. The average Bonchev–Trinajstić information content (AvgIpc) is 3.19. The number of aromatic nitrogens is 3. The SMILES string of the molecule is C=CCn1c(CS(=O)(=O)c2ccc(C)cc2)nnc1SCC(=O)Nc1ccccc1C(=O)OCC. The van der Waals surface area contributed by atoms with E-state index in [4.69, 9.17) is 4.74 Å². The second kappa shape index (κ2) is 11.8. The van der Waals surface area contributed by atoms with E-state index in [9.17, 15) is 18.0 Å². The smallest absolute Gasteiger partial charge is 0.340 e. The first kappa shape index (κ1) is 26.2. The highest BCUT2D eigenvalue weighted by Gasteiger charge is 2.22. The van der Waals surface area contributed by atoms with Crippen molar-refractivity contribution in [1.82, 2.24) is 14.8 Å². The lowest BCUT2D eigenvalue weighted by Crippen LogP contribution is -2.18. The van der Waals surface area contributed by atoms with Crippen LogP contribution in [0.25, 0.3) is 0 Å². The van der Waals surface area contributed by atoms with Crippen LogP contribution in [0, 0.1) is 6.92 Å². The second-order valence-corrected chi connectivity index (χ2v) is 10.4. The maximum Gasteiger partial charge on any atom is 0.340 e. The topological polar surface area (TPSA) is 120 Å². The van der Waals surface area contributed by atoms with Crippen LogP contribution in [0.4, 0.5) is 5.69 Å². The molecule has 1 amide bonds. The van der Waals surface area contributed by atoms with E-state index in [1.54, 1.807) is 66.1 Å². The van der Waals surface area contributed by atoms with Crippen LogP contribution in [0.5, 0.6) is 0 Å². The van der Waals surface area contributed by atoms with Crippen LogP contribution < -0.4 is 5.32 Å². The van der Waals surface area contributed by atoms with Crippen LogP contribution in [-0.2, 0) is 31.7 Å². The second-order valence-electron chi connectivity index (χ2n) is 7.47. The largest absolute Gasteiger partial charge is 0.462 e. The fourth-order valence-electron chi connectivity index (χ4n) is 3.14. The Morgan fingerprint density at radius 1 is 1.14 bits per heavy atom. The summed E-state index contributed by atoms with van der Waals surface area (Å²) in [6.45, 7) is 7.80. The summed E-state index contributed by atoms with van der Waals surface area (Å²) in [7, 11) is -3.64. The molecule has 0 fully saturated rings. The number of para-hydroxylation sites is 1. The minimum Gasteiger partial charge on any atom is -0.462 e. The number of aryl methyl sites for hydroxylation is 1. The maximum atomic E-state index is 12.9. The maximum absolute atomic E-state index is 12.9. The number of anilines is 1. The zero-order valence-corrected chi connectivity index (χ0v) is 21.1. The molecule has 0 aliphatic carbocycles. The zero-order chi connectivity index (χ0) is 25.4. The molecule has 3 rings (SSSR count). The van der Waals surface area contributed by atoms with Crippen LogP contribution in [0.15, 0.2) is 71.2 Å². The fourth-order valence-corrected chi connectivity index (χ4v) is 5.18. The summed E-state index contributed by atoms with van der Waals surface area (Å²) in [6, 6.07) is 13.2. The number of amides is 1. The van der Waals surface area contributed by atoms with Gasteiger partial charge in [0, 0.05) is 6.54 Å². The van der Waals surface area contributed by atoms with Crippen molar-refractivity contribution in [3.05, 3.63) is 78.1 Å². The van der Waals surface area contributed by atoms with E-state index in [2.05, 4.69) is 22.1 Å². The third-order valence-electron chi connectivity index (χ3n) is 4.83. The summed E-state index contributed by atoms with van der Waals surface area (Å²) in [4.78, 5) is 24.9. The highest BCUT2D eigenvalue weighted by atomic mass is 32.2. The Morgan fingerprint density at radius 2 is 1.86 bits per heavy atom. The van der Waals surface area contributed by atoms with Crippen molar-refractivity contribution in [2.45, 2.75) is 36.2 Å². The van der Waals surface area contributed by atoms with Crippen molar-refractivity contribution in [3.63, 3.8) is 0 Å². The van der Waals surface area contributed by atoms with Gasteiger partial charge < -0.3 is 14.6 Å². The molecule has 0 aliphatic rings. The van der Waals surface area contributed by atoms with Crippen molar-refractivity contribution in [2.24, 2.45) is 0 Å². The van der Waals surface area contributed by atoms with E-state index < -0.39 is 15.8 Å². The molecule has 0 atom stereocenters. The normalized spacial score (nSPS) is 11.1. The fraction of sp³-hybridized carbons (Fsp3) is 0.250. The quantitative estimate of drug-likeness (QED) is 0.234. The number of sulfone groups is 1. The number of hydrogen-bond donors (Lipinski definition) is 1. The molecule has 0 saturated carbocycles. The van der Waals surface area contributed by atoms with E-state index in [-0.39, 0.29) is 46.8 Å². The molecule has 11 heteroatoms. The number of benzene rings is 2. The first-order chi connectivity index (χ1) is 16.7. The molecule has 1 aromatic heterocycles. The van der Waals surface area contributed by atoms with Crippen LogP contribution >= 0.6 is 11.8 Å². The number of rotatable bonds is 11. The van der Waals surface area contributed by atoms with Crippen LogP contribution in [0.1, 0.15) is 28.7 Å². The van der Waals surface area contributed by atoms with E-state index in [0.29, 0.717) is 10.8 Å². The highest BCUT2D eigenvalue weighted by Crippen LogP contribution is 2.22. The van der Waals surface area contributed by atoms with Gasteiger partial charge >= 0.3 is 5.97 Å². The first-order valence-electron chi connectivity index (χ1n) is 10.8. The molecular formula is C24H26N4O5S2. The van der Waals surface area contributed by atoms with Gasteiger partial charge in [0.1, 0.15) is 11.6 Å². The van der Waals surface area contributed by atoms with Crippen molar-refractivity contribution >= 4 is 39.2 Å². The van der Waals surface area contributed by atoms with Crippen molar-refractivity contribution in [2.75, 3.05) is 17.7 Å². The van der Waals surface area contributed by atoms with Gasteiger partial charge in [-0.2, -0.15) is 0 Å². The molecular weight excluding hydrogens is 488 g/mol. The third kappa shape index (κ3) is 6.80. The van der Waals surface area contributed by atoms with Gasteiger partial charge in [-0.25, -0.2) is 13.2 Å². The minimum absolute atomic E-state index is 0.0306. The Morgan fingerprint density at radius 3 is 2.54 bits per heavy atom. The molecule has 2 aromatic carbocycles. The molecule has 0 unspecified atom stereocenters. The van der Waals surface area contributed by atoms with E-state index in [1.807, 2.05) is 6.92 Å². The molecule has 0 aliphatic heterocycles. The molecule has 0 radical (unpaired) electrons. The number of allylic oxidation sites excluding steroid dienone is 1. The number of carbonyl (C=O) groups excluding carboxylic acids is 2. The molecule has 35 heavy (non-hydrogen) atoms. The standard InChI is InChI=1S/C24H26N4O5S2/c1-4-14-28-21(16-35(31,32)18-12-10-17(3)11-13-18)26-27-24(28)34-15-22(29)25-20-9-7-6-8-19(20)23(30)33-5-2/h4,6-13H,1,5,14-16H2,2-3H3,(H,25,29). The molecule has 184 valence electrons. The lowest BCUT2D eigenvalue weighted by atomic mass is 10.2. The van der Waals surface area contributed by atoms with Gasteiger partial charge in [0.15, 0.2) is 15.0 Å². The lowest BCUT2D eigenvalue weighted by molar-refractivity contribution is -0.113. The minimum atomic E-state index is -3.64. The Hall–Kier alpha value is -3.44. The summed E-state index contributed by atoms with van der Waals surface area (Å²) >= 11 is 1.10. The first-order valence-corrected chi connectivity index (χ1v) is 13.4. The van der Waals surface area contributed by atoms with Gasteiger partial charge in [-0.3, -0.25) is 4.79 Å². The van der Waals surface area contributed by atoms with E-state index in [0.717, 1.165) is 17.3 Å². The number of nitrogens with zero attached hydrogens (tertiary/aromatic N) is 3. The number of hydrogen-bond acceptors (Lipinski definition) is 8. The van der Waals surface area contributed by atoms with Crippen LogP contribution in [0.2, 0.25) is 0 Å². The Balaban J connectivity index is 1.72. The van der Waals surface area contributed by atoms with E-state index in [1.165, 1.54) is 0 Å². The number of ether oxygens (including phenoxy) is 1. The van der Waals surface area contributed by atoms with Crippen LogP contribution in [0.3, 0.4) is 0 Å². The Bertz CT molecular complexity index is 1320. The molecule has 3 aromatic rings. The summed E-state index contributed by atoms with van der Waals surface area (Å²) in [5.41, 5.74) is 1.56. The monoisotopic (exact) mass is 514 g/mol. The van der Waals surface area contributed by atoms with Crippen LogP contribution in [-0.4, -0.2) is 47.4 Å². The van der Waals surface area contributed by atoms with Crippen molar-refractivity contribution in [3.8, 4) is 0 Å². The lowest BCUT2D eigenvalue weighted by Gasteiger charge is -2.11. The summed E-state index contributed by atoms with van der Waals surface area (Å²) in [5, 5.41) is 11.2. The summed E-state index contributed by atoms with van der Waals surface area (Å²) in [5.74, 6) is -1.01. The predicted molar refractivity (Wildman–Crippen MR) is 134 cm³/mol. The van der Waals surface area contributed by atoms with Gasteiger partial charge in [-0.05, 0) is 38.1 Å². The van der Waals surface area contributed by atoms with Crippen molar-refractivity contribution < 1.29 is 22.7 Å². The van der Waals surface area contributed by atoms with E-state index >= 15 is 0 Å². The predicted octanol–water partition coefficient (Wildman–Crippen LogP) is 3.65. The van der Waals surface area contributed by atoms with Crippen molar-refractivity contribution in [1.29, 1.82) is 0 Å². The molecule has 9 nitrogen and oxygen atoms in total. The van der Waals surface area contributed by atoms with Gasteiger partial charge in [-0.15, -0.1) is 16.8 Å². The summed E-state index contributed by atoms with van der Waals surface area (Å²) in [6.07, 6.45) is 1.60. The highest BCUT2D eigenvalue weighted by molar-refractivity contribution is 7.99. The van der Waals surface area contributed by atoms with Gasteiger partial charge in [0.05, 0.1) is 28.5 Å². The Kier molecular flexibility index (Phi) is 8.83. The molecule has 0 saturated heterocycles. The average molecular weight is 515 g/mol. The third-order valence-corrected chi connectivity index (χ3v) is 7.43. The van der Waals surface area contributed by atoms with Gasteiger partial charge in [0.2, 0.25) is 5.91 Å².